The third-order valence-electron chi connectivity index (χ3n) is 4.49. The van der Waals surface area contributed by atoms with Crippen molar-refractivity contribution in [3.63, 3.8) is 0 Å². The van der Waals surface area contributed by atoms with Gasteiger partial charge in [0.1, 0.15) is 16.9 Å². The number of ether oxygens (including phenoxy) is 1. The van der Waals surface area contributed by atoms with Gasteiger partial charge in [-0.1, -0.05) is 18.2 Å². The molecule has 10 heteroatoms. The molecule has 0 bridgehead atoms. The van der Waals surface area contributed by atoms with Crippen LogP contribution in [-0.2, 0) is 6.18 Å². The second kappa shape index (κ2) is 7.47. The first-order chi connectivity index (χ1) is 15.0. The third kappa shape index (κ3) is 3.84. The first-order valence-electron chi connectivity index (χ1n) is 9.03. The second-order valence-electron chi connectivity index (χ2n) is 6.53. The highest BCUT2D eigenvalue weighted by atomic mass is 32.1. The minimum atomic E-state index is -4.39. The van der Waals surface area contributed by atoms with Crippen molar-refractivity contribution < 1.29 is 17.9 Å². The zero-order valence-electron chi connectivity index (χ0n) is 15.6. The van der Waals surface area contributed by atoms with Crippen LogP contribution in [0.15, 0.2) is 67.3 Å². The van der Waals surface area contributed by atoms with Crippen LogP contribution in [0.1, 0.15) is 5.56 Å². The maximum atomic E-state index is 12.8. The fourth-order valence-electron chi connectivity index (χ4n) is 2.99. The van der Waals surface area contributed by atoms with Crippen LogP contribution >= 0.6 is 11.3 Å². The summed E-state index contributed by atoms with van der Waals surface area (Å²) < 4.78 is 45.3. The first-order valence-corrected chi connectivity index (χ1v) is 9.85. The zero-order valence-corrected chi connectivity index (χ0v) is 16.4. The Morgan fingerprint density at radius 2 is 1.81 bits per heavy atom. The van der Waals surface area contributed by atoms with E-state index < -0.39 is 11.7 Å². The van der Waals surface area contributed by atoms with Gasteiger partial charge in [0.2, 0.25) is 5.88 Å². The van der Waals surface area contributed by atoms with E-state index in [-0.39, 0.29) is 5.88 Å². The molecular weight excluding hydrogens is 427 g/mol. The highest BCUT2D eigenvalue weighted by Gasteiger charge is 2.30. The number of aromatic nitrogens is 5. The summed E-state index contributed by atoms with van der Waals surface area (Å²) in [6.07, 6.45) is 0.373. The molecule has 0 radical (unpaired) electrons. The molecule has 2 aromatic carbocycles. The molecule has 31 heavy (non-hydrogen) atoms. The molecule has 0 spiro atoms. The van der Waals surface area contributed by atoms with Gasteiger partial charge in [-0.2, -0.15) is 18.3 Å². The van der Waals surface area contributed by atoms with Gasteiger partial charge in [0.05, 0.1) is 22.2 Å². The van der Waals surface area contributed by atoms with Crippen LogP contribution in [0, 0.1) is 0 Å². The Hall–Kier alpha value is -3.79. The Balaban J connectivity index is 1.45. The fraction of sp³-hybridized carbons (Fsp3) is 0.0476. The molecule has 0 amide bonds. The molecule has 0 saturated carbocycles. The molecule has 5 rings (SSSR count). The number of aromatic amines is 1. The maximum absolute atomic E-state index is 12.8. The lowest BCUT2D eigenvalue weighted by Gasteiger charge is -2.09. The van der Waals surface area contributed by atoms with E-state index >= 15 is 0 Å². The number of H-pyrrole nitrogens is 1. The average molecular weight is 439 g/mol. The van der Waals surface area contributed by atoms with Crippen molar-refractivity contribution in [2.24, 2.45) is 0 Å². The van der Waals surface area contributed by atoms with Crippen molar-refractivity contribution in [2.45, 2.75) is 6.18 Å². The number of hydrogen-bond donors (Lipinski definition) is 1. The van der Waals surface area contributed by atoms with E-state index in [1.807, 2.05) is 12.1 Å². The molecule has 5 aromatic rings. The summed E-state index contributed by atoms with van der Waals surface area (Å²) in [4.78, 5) is 12.9. The zero-order chi connectivity index (χ0) is 21.4. The lowest BCUT2D eigenvalue weighted by atomic mass is 10.1. The smallest absolute Gasteiger partial charge is 0.416 e. The fourth-order valence-corrected chi connectivity index (χ4v) is 3.96. The Bertz CT molecular complexity index is 1350. The van der Waals surface area contributed by atoms with Crippen LogP contribution in [0.5, 0.6) is 11.6 Å². The highest BCUT2D eigenvalue weighted by Crippen LogP contribution is 2.36. The molecule has 0 aliphatic heterocycles. The summed E-state index contributed by atoms with van der Waals surface area (Å²) in [5, 5.41) is 7.51. The van der Waals surface area contributed by atoms with Crippen molar-refractivity contribution in [2.75, 3.05) is 0 Å². The minimum Gasteiger partial charge on any atom is -0.437 e. The molecule has 3 heterocycles. The topological polar surface area (TPSA) is 76.6 Å². The van der Waals surface area contributed by atoms with Crippen LogP contribution in [0.25, 0.3) is 32.0 Å². The molecule has 0 saturated heterocycles. The summed E-state index contributed by atoms with van der Waals surface area (Å²) >= 11 is 1.51. The van der Waals surface area contributed by atoms with Crippen molar-refractivity contribution >= 4 is 21.6 Å². The molecule has 0 aliphatic rings. The van der Waals surface area contributed by atoms with E-state index in [2.05, 4.69) is 25.1 Å². The van der Waals surface area contributed by atoms with E-state index in [9.17, 15) is 13.2 Å². The summed E-state index contributed by atoms with van der Waals surface area (Å²) in [5.74, 6) is 0.774. The molecule has 6 nitrogen and oxygen atoms in total. The molecule has 0 atom stereocenters. The normalized spacial score (nSPS) is 11.7. The van der Waals surface area contributed by atoms with Crippen LogP contribution in [-0.4, -0.2) is 25.1 Å². The SMILES string of the molecule is FC(F)(F)c1ccc(-c2cc(Oc3cccc4sc(-c5cn[nH]c5)nc34)ncn2)cc1. The largest absolute Gasteiger partial charge is 0.437 e. The van der Waals surface area contributed by atoms with Crippen molar-refractivity contribution in [3.05, 3.63) is 72.8 Å². The summed E-state index contributed by atoms with van der Waals surface area (Å²) in [6.45, 7) is 0. The number of fused-ring (bicyclic) bond motifs is 1. The number of halogens is 3. The molecule has 154 valence electrons. The van der Waals surface area contributed by atoms with Gasteiger partial charge in [-0.25, -0.2) is 15.0 Å². The predicted molar refractivity (Wildman–Crippen MR) is 110 cm³/mol. The van der Waals surface area contributed by atoms with E-state index in [0.717, 1.165) is 27.4 Å². The van der Waals surface area contributed by atoms with Gasteiger partial charge >= 0.3 is 6.18 Å². The van der Waals surface area contributed by atoms with Gasteiger partial charge in [-0.3, -0.25) is 5.10 Å². The Morgan fingerprint density at radius 1 is 0.968 bits per heavy atom. The van der Waals surface area contributed by atoms with Gasteiger partial charge in [-0.05, 0) is 24.3 Å². The highest BCUT2D eigenvalue weighted by molar-refractivity contribution is 7.21. The van der Waals surface area contributed by atoms with Gasteiger partial charge in [0, 0.05) is 23.4 Å². The second-order valence-corrected chi connectivity index (χ2v) is 7.56. The van der Waals surface area contributed by atoms with Crippen LogP contribution in [0.3, 0.4) is 0 Å². The number of rotatable bonds is 4. The lowest BCUT2D eigenvalue weighted by Crippen LogP contribution is -2.04. The molecular formula is C21H12F3N5OS. The van der Waals surface area contributed by atoms with Crippen LogP contribution in [0.2, 0.25) is 0 Å². The first kappa shape index (κ1) is 19.2. The van der Waals surface area contributed by atoms with Crippen molar-refractivity contribution in [1.82, 2.24) is 25.1 Å². The van der Waals surface area contributed by atoms with Gasteiger partial charge in [0.15, 0.2) is 5.75 Å². The van der Waals surface area contributed by atoms with E-state index in [1.165, 1.54) is 29.8 Å². The van der Waals surface area contributed by atoms with Crippen molar-refractivity contribution in [3.8, 4) is 33.5 Å². The summed E-state index contributed by atoms with van der Waals surface area (Å²) in [5.41, 5.74) is 1.81. The van der Waals surface area contributed by atoms with E-state index in [4.69, 9.17) is 4.74 Å². The monoisotopic (exact) mass is 439 g/mol. The van der Waals surface area contributed by atoms with Crippen LogP contribution in [0.4, 0.5) is 13.2 Å². The molecule has 0 unspecified atom stereocenters. The number of nitrogens with one attached hydrogen (secondary N) is 1. The summed E-state index contributed by atoms with van der Waals surface area (Å²) in [6, 6.07) is 11.9. The lowest BCUT2D eigenvalue weighted by molar-refractivity contribution is -0.137. The maximum Gasteiger partial charge on any atom is 0.416 e. The Labute approximate surface area is 177 Å². The van der Waals surface area contributed by atoms with Gasteiger partial charge < -0.3 is 4.74 Å². The van der Waals surface area contributed by atoms with E-state index in [1.54, 1.807) is 24.5 Å². The number of nitrogens with zero attached hydrogens (tertiary/aromatic N) is 4. The molecule has 3 aromatic heterocycles. The van der Waals surface area contributed by atoms with Crippen molar-refractivity contribution in [1.29, 1.82) is 0 Å². The number of para-hydroxylation sites is 1. The summed E-state index contributed by atoms with van der Waals surface area (Å²) in [7, 11) is 0. The standard InChI is InChI=1S/C21H12F3N5OS/c22-21(23,24)14-6-4-12(5-7-14)15-8-18(26-11-25-15)30-16-2-1-3-17-19(16)29-20(31-17)13-9-27-28-10-13/h1-11H,(H,27,28). The Morgan fingerprint density at radius 3 is 2.55 bits per heavy atom. The predicted octanol–water partition coefficient (Wildman–Crippen LogP) is 5.95. The molecule has 1 N–H and O–H groups in total. The molecule has 0 aliphatic carbocycles. The number of benzene rings is 2. The van der Waals surface area contributed by atoms with Crippen LogP contribution < -0.4 is 4.74 Å². The number of hydrogen-bond acceptors (Lipinski definition) is 6. The van der Waals surface area contributed by atoms with E-state index in [0.29, 0.717) is 22.5 Å². The Kier molecular flexibility index (Phi) is 4.63. The quantitative estimate of drug-likeness (QED) is 0.374. The minimum absolute atomic E-state index is 0.259. The molecule has 0 fully saturated rings. The number of thiazole rings is 1. The average Bonchev–Trinajstić information content (AvgIpc) is 3.44. The third-order valence-corrected chi connectivity index (χ3v) is 5.56. The van der Waals surface area contributed by atoms with Gasteiger partial charge in [0.25, 0.3) is 0 Å². The number of alkyl halides is 3. The van der Waals surface area contributed by atoms with Gasteiger partial charge in [-0.15, -0.1) is 11.3 Å².